The van der Waals surface area contributed by atoms with Gasteiger partial charge in [-0.2, -0.15) is 0 Å². The van der Waals surface area contributed by atoms with Crippen molar-refractivity contribution in [2.75, 3.05) is 40.4 Å². The number of hydrogen-bond acceptors (Lipinski definition) is 4. The van der Waals surface area contributed by atoms with Gasteiger partial charge in [-0.25, -0.2) is 0 Å². The molecule has 0 aliphatic rings. The van der Waals surface area contributed by atoms with Gasteiger partial charge in [0.2, 0.25) is 0 Å². The lowest BCUT2D eigenvalue weighted by Gasteiger charge is -2.07. The Balaban J connectivity index is 1.32. The first kappa shape index (κ1) is 24.2. The highest BCUT2D eigenvalue weighted by Gasteiger charge is 1.97. The number of rotatable bonds is 17. The van der Waals surface area contributed by atoms with Crippen LogP contribution in [0.3, 0.4) is 0 Å². The van der Waals surface area contributed by atoms with Gasteiger partial charge in [-0.15, -0.1) is 0 Å². The fourth-order valence-electron chi connectivity index (χ4n) is 3.52. The molecular weight excluding hydrogens is 372 g/mol. The van der Waals surface area contributed by atoms with Gasteiger partial charge in [-0.05, 0) is 100 Å². The van der Waals surface area contributed by atoms with Gasteiger partial charge in [0.05, 0.1) is 14.2 Å². The quantitative estimate of drug-likeness (QED) is 0.359. The molecule has 2 N–H and O–H groups in total. The molecule has 0 bridgehead atoms. The summed E-state index contributed by atoms with van der Waals surface area (Å²) in [6.07, 6.45) is 9.82. The summed E-state index contributed by atoms with van der Waals surface area (Å²) in [6, 6.07) is 16.8. The van der Waals surface area contributed by atoms with Crippen molar-refractivity contribution < 1.29 is 9.47 Å². The highest BCUT2D eigenvalue weighted by atomic mass is 16.5. The van der Waals surface area contributed by atoms with E-state index in [4.69, 9.17) is 9.47 Å². The van der Waals surface area contributed by atoms with Crippen LogP contribution in [-0.2, 0) is 12.8 Å². The summed E-state index contributed by atoms with van der Waals surface area (Å²) >= 11 is 0. The molecule has 2 aromatic carbocycles. The molecule has 0 aliphatic heterocycles. The average molecular weight is 413 g/mol. The monoisotopic (exact) mass is 412 g/mol. The molecule has 4 nitrogen and oxygen atoms in total. The fraction of sp³-hybridized carbons (Fsp3) is 0.538. The molecule has 0 heterocycles. The van der Waals surface area contributed by atoms with E-state index in [2.05, 4.69) is 34.9 Å². The molecule has 30 heavy (non-hydrogen) atoms. The second-order valence-corrected chi connectivity index (χ2v) is 7.82. The summed E-state index contributed by atoms with van der Waals surface area (Å²) in [5.41, 5.74) is 2.77. The third-order valence-corrected chi connectivity index (χ3v) is 5.41. The molecule has 0 saturated carbocycles. The van der Waals surface area contributed by atoms with E-state index in [0.717, 1.165) is 50.5 Å². The highest BCUT2D eigenvalue weighted by molar-refractivity contribution is 5.27. The normalized spacial score (nSPS) is 10.9. The van der Waals surface area contributed by atoms with Crippen molar-refractivity contribution >= 4 is 0 Å². The summed E-state index contributed by atoms with van der Waals surface area (Å²) < 4.78 is 10.4. The number of nitrogens with one attached hydrogen (secondary N) is 2. The lowest BCUT2D eigenvalue weighted by atomic mass is 10.1. The second kappa shape index (κ2) is 15.8. The van der Waals surface area contributed by atoms with Crippen LogP contribution in [-0.4, -0.2) is 40.4 Å². The number of unbranched alkanes of at least 4 members (excludes halogenated alkanes) is 3. The van der Waals surface area contributed by atoms with Crippen LogP contribution in [0.5, 0.6) is 11.5 Å². The van der Waals surface area contributed by atoms with Crippen molar-refractivity contribution in [3.8, 4) is 11.5 Å². The van der Waals surface area contributed by atoms with Gasteiger partial charge in [0, 0.05) is 0 Å². The Morgan fingerprint density at radius 3 is 1.23 bits per heavy atom. The van der Waals surface area contributed by atoms with Crippen molar-refractivity contribution in [3.63, 3.8) is 0 Å². The van der Waals surface area contributed by atoms with Gasteiger partial charge < -0.3 is 20.1 Å². The number of methoxy groups -OCH3 is 2. The molecule has 166 valence electrons. The van der Waals surface area contributed by atoms with Crippen LogP contribution in [0.15, 0.2) is 48.5 Å². The largest absolute Gasteiger partial charge is 0.497 e. The van der Waals surface area contributed by atoms with Gasteiger partial charge >= 0.3 is 0 Å². The molecule has 2 aromatic rings. The molecule has 4 heteroatoms. The van der Waals surface area contributed by atoms with E-state index in [1.54, 1.807) is 14.2 Å². The summed E-state index contributed by atoms with van der Waals surface area (Å²) in [6.45, 7) is 4.47. The molecule has 2 rings (SSSR count). The molecule has 0 atom stereocenters. The minimum Gasteiger partial charge on any atom is -0.497 e. The van der Waals surface area contributed by atoms with E-state index in [0.29, 0.717) is 0 Å². The third kappa shape index (κ3) is 10.7. The lowest BCUT2D eigenvalue weighted by Crippen LogP contribution is -2.18. The topological polar surface area (TPSA) is 42.5 Å². The van der Waals surface area contributed by atoms with Crippen molar-refractivity contribution in [3.05, 3.63) is 59.7 Å². The molecule has 0 unspecified atom stereocenters. The van der Waals surface area contributed by atoms with E-state index in [9.17, 15) is 0 Å². The summed E-state index contributed by atoms with van der Waals surface area (Å²) in [4.78, 5) is 0. The van der Waals surface area contributed by atoms with Crippen molar-refractivity contribution in [1.82, 2.24) is 10.6 Å². The molecule has 0 saturated heterocycles. The Hall–Kier alpha value is -2.04. The average Bonchev–Trinajstić information content (AvgIpc) is 2.80. The highest BCUT2D eigenvalue weighted by Crippen LogP contribution is 2.13. The summed E-state index contributed by atoms with van der Waals surface area (Å²) in [5.74, 6) is 1.86. The van der Waals surface area contributed by atoms with Crippen LogP contribution < -0.4 is 20.1 Å². The number of hydrogen-bond donors (Lipinski definition) is 2. The van der Waals surface area contributed by atoms with Crippen LogP contribution in [0.25, 0.3) is 0 Å². The molecule has 0 amide bonds. The maximum absolute atomic E-state index is 5.19. The first-order valence-electron chi connectivity index (χ1n) is 11.5. The van der Waals surface area contributed by atoms with Crippen LogP contribution in [0.2, 0.25) is 0 Å². The predicted molar refractivity (Wildman–Crippen MR) is 127 cm³/mol. The fourth-order valence-corrected chi connectivity index (χ4v) is 3.52. The van der Waals surface area contributed by atoms with Gasteiger partial charge in [0.1, 0.15) is 11.5 Å². The first-order valence-corrected chi connectivity index (χ1v) is 11.5. The molecule has 0 fully saturated rings. The Kier molecular flexibility index (Phi) is 12.7. The lowest BCUT2D eigenvalue weighted by molar-refractivity contribution is 0.414. The van der Waals surface area contributed by atoms with E-state index in [1.807, 2.05) is 24.3 Å². The second-order valence-electron chi connectivity index (χ2n) is 7.82. The minimum absolute atomic E-state index is 0.931. The Labute approximate surface area is 183 Å². The standard InChI is InChI=1S/C26H40N2O2/c1-29-25-15-11-23(12-16-25)9-7-21-27-19-5-3-4-6-20-28-22-8-10-24-13-17-26(30-2)18-14-24/h11-18,27-28H,3-10,19-22H2,1-2H3. The Bertz CT molecular complexity index is 596. The van der Waals surface area contributed by atoms with E-state index >= 15 is 0 Å². The van der Waals surface area contributed by atoms with E-state index in [1.165, 1.54) is 49.7 Å². The zero-order valence-corrected chi connectivity index (χ0v) is 18.9. The molecule has 0 radical (unpaired) electrons. The Morgan fingerprint density at radius 1 is 0.500 bits per heavy atom. The van der Waals surface area contributed by atoms with Crippen molar-refractivity contribution in [2.45, 2.75) is 51.4 Å². The van der Waals surface area contributed by atoms with Crippen molar-refractivity contribution in [1.29, 1.82) is 0 Å². The van der Waals surface area contributed by atoms with Gasteiger partial charge in [0.25, 0.3) is 0 Å². The van der Waals surface area contributed by atoms with Crippen LogP contribution in [0.4, 0.5) is 0 Å². The van der Waals surface area contributed by atoms with Gasteiger partial charge in [-0.3, -0.25) is 0 Å². The first-order chi connectivity index (χ1) is 14.8. The number of aryl methyl sites for hydroxylation is 2. The third-order valence-electron chi connectivity index (χ3n) is 5.41. The molecule has 0 aliphatic carbocycles. The zero-order chi connectivity index (χ0) is 21.3. The summed E-state index contributed by atoms with van der Waals surface area (Å²) in [5, 5.41) is 7.14. The predicted octanol–water partition coefficient (Wildman–Crippen LogP) is 5.01. The van der Waals surface area contributed by atoms with Crippen molar-refractivity contribution in [2.24, 2.45) is 0 Å². The number of benzene rings is 2. The smallest absolute Gasteiger partial charge is 0.118 e. The number of ether oxygens (including phenoxy) is 2. The van der Waals surface area contributed by atoms with Gasteiger partial charge in [-0.1, -0.05) is 37.1 Å². The molecule has 0 aromatic heterocycles. The minimum atomic E-state index is 0.931. The summed E-state index contributed by atoms with van der Waals surface area (Å²) in [7, 11) is 3.42. The van der Waals surface area contributed by atoms with Crippen LogP contribution in [0.1, 0.15) is 49.7 Å². The van der Waals surface area contributed by atoms with E-state index in [-0.39, 0.29) is 0 Å². The van der Waals surface area contributed by atoms with Gasteiger partial charge in [0.15, 0.2) is 0 Å². The van der Waals surface area contributed by atoms with Crippen LogP contribution >= 0.6 is 0 Å². The van der Waals surface area contributed by atoms with Crippen LogP contribution in [0, 0.1) is 0 Å². The molecule has 0 spiro atoms. The zero-order valence-electron chi connectivity index (χ0n) is 18.9. The maximum atomic E-state index is 5.19. The molecular formula is C26H40N2O2. The Morgan fingerprint density at radius 2 is 0.867 bits per heavy atom. The SMILES string of the molecule is COc1ccc(CCCNCCCCCCNCCCc2ccc(OC)cc2)cc1. The maximum Gasteiger partial charge on any atom is 0.118 e. The van der Waals surface area contributed by atoms with E-state index < -0.39 is 0 Å².